The highest BCUT2D eigenvalue weighted by Crippen LogP contribution is 2.49. The van der Waals surface area contributed by atoms with Gasteiger partial charge >= 0.3 is 6.09 Å². The van der Waals surface area contributed by atoms with Gasteiger partial charge < -0.3 is 9.84 Å². The molecule has 2 saturated heterocycles. The molecule has 0 unspecified atom stereocenters. The van der Waals surface area contributed by atoms with E-state index in [1.165, 1.54) is 0 Å². The Morgan fingerprint density at radius 1 is 1.54 bits per heavy atom. The first-order chi connectivity index (χ1) is 6.24. The van der Waals surface area contributed by atoms with Gasteiger partial charge in [0.15, 0.2) is 6.10 Å². The average Bonchev–Trinajstić information content (AvgIpc) is 2.69. The van der Waals surface area contributed by atoms with Gasteiger partial charge in [-0.2, -0.15) is 0 Å². The highest BCUT2D eigenvalue weighted by molar-refractivity contribution is 5.73. The number of hydrogen-bond acceptors (Lipinski definition) is 3. The Bertz CT molecular complexity index is 268. The second-order valence-corrected chi connectivity index (χ2v) is 4.27. The third-order valence-corrected chi connectivity index (χ3v) is 3.73. The molecule has 1 amide bonds. The molecular weight excluding hydrogens is 170 g/mol. The molecular formula is C9H13NO3. The van der Waals surface area contributed by atoms with Crippen LogP contribution in [0.5, 0.6) is 0 Å². The van der Waals surface area contributed by atoms with Crippen LogP contribution < -0.4 is 0 Å². The van der Waals surface area contributed by atoms with Crippen LogP contribution in [-0.2, 0) is 4.74 Å². The van der Waals surface area contributed by atoms with Crippen molar-refractivity contribution in [3.63, 3.8) is 0 Å². The van der Waals surface area contributed by atoms with Gasteiger partial charge in [0.05, 0.1) is 11.6 Å². The maximum Gasteiger partial charge on any atom is 0.410 e. The standard InChI is InChI=1S/C9H13NO3/c11-6-2-4-9-3-1-5-10(9)8(12)13-7(6)9/h6-7,11H,1-5H2/t6-,7+,9-/m0/s1. The summed E-state index contributed by atoms with van der Waals surface area (Å²) in [7, 11) is 0. The second kappa shape index (κ2) is 2.18. The smallest absolute Gasteiger partial charge is 0.410 e. The molecule has 3 atom stereocenters. The predicted octanol–water partition coefficient (Wildman–Crippen LogP) is 0.495. The van der Waals surface area contributed by atoms with Crippen molar-refractivity contribution in [2.45, 2.75) is 43.4 Å². The lowest BCUT2D eigenvalue weighted by Gasteiger charge is -2.27. The highest BCUT2D eigenvalue weighted by atomic mass is 16.6. The van der Waals surface area contributed by atoms with Gasteiger partial charge in [-0.1, -0.05) is 0 Å². The van der Waals surface area contributed by atoms with Crippen LogP contribution >= 0.6 is 0 Å². The monoisotopic (exact) mass is 183 g/mol. The molecule has 4 heteroatoms. The van der Waals surface area contributed by atoms with Gasteiger partial charge in [0.2, 0.25) is 0 Å². The Morgan fingerprint density at radius 2 is 2.38 bits per heavy atom. The molecule has 3 fully saturated rings. The third kappa shape index (κ3) is 0.729. The summed E-state index contributed by atoms with van der Waals surface area (Å²) >= 11 is 0. The molecule has 0 aromatic rings. The van der Waals surface area contributed by atoms with Crippen LogP contribution in [0.4, 0.5) is 4.79 Å². The number of rotatable bonds is 0. The van der Waals surface area contributed by atoms with E-state index in [0.717, 1.165) is 32.2 Å². The van der Waals surface area contributed by atoms with E-state index < -0.39 is 6.10 Å². The van der Waals surface area contributed by atoms with Crippen molar-refractivity contribution in [3.8, 4) is 0 Å². The van der Waals surface area contributed by atoms with Gasteiger partial charge in [0.1, 0.15) is 0 Å². The normalized spacial score (nSPS) is 47.8. The first-order valence-corrected chi connectivity index (χ1v) is 4.90. The summed E-state index contributed by atoms with van der Waals surface area (Å²) in [6.07, 6.45) is 2.83. The topological polar surface area (TPSA) is 49.8 Å². The lowest BCUT2D eigenvalue weighted by molar-refractivity contribution is 0.0271. The summed E-state index contributed by atoms with van der Waals surface area (Å²) in [5, 5.41) is 9.66. The van der Waals surface area contributed by atoms with Gasteiger partial charge in [-0.05, 0) is 25.7 Å². The zero-order valence-corrected chi connectivity index (χ0v) is 7.40. The minimum atomic E-state index is -0.438. The summed E-state index contributed by atoms with van der Waals surface area (Å²) in [5.41, 5.74) is -0.128. The maximum atomic E-state index is 11.4. The SMILES string of the molecule is O=C1O[C@@H]2[C@@H](O)CC[C@@]23CCCN13. The van der Waals surface area contributed by atoms with E-state index >= 15 is 0 Å². The molecule has 13 heavy (non-hydrogen) atoms. The highest BCUT2D eigenvalue weighted by Gasteiger charge is 2.62. The Morgan fingerprint density at radius 3 is 3.23 bits per heavy atom. The molecule has 3 rings (SSSR count). The second-order valence-electron chi connectivity index (χ2n) is 4.27. The predicted molar refractivity (Wildman–Crippen MR) is 44.2 cm³/mol. The van der Waals surface area contributed by atoms with Crippen LogP contribution in [0.1, 0.15) is 25.7 Å². The molecule has 0 aromatic carbocycles. The van der Waals surface area contributed by atoms with Gasteiger partial charge in [0.25, 0.3) is 0 Å². The van der Waals surface area contributed by atoms with Crippen molar-refractivity contribution in [3.05, 3.63) is 0 Å². The fourth-order valence-electron chi connectivity index (χ4n) is 3.14. The van der Waals surface area contributed by atoms with E-state index in [2.05, 4.69) is 0 Å². The summed E-state index contributed by atoms with van der Waals surface area (Å²) in [5.74, 6) is 0. The maximum absolute atomic E-state index is 11.4. The number of aliphatic hydroxyl groups excluding tert-OH is 1. The van der Waals surface area contributed by atoms with E-state index in [0.29, 0.717) is 0 Å². The Balaban J connectivity index is 2.02. The van der Waals surface area contributed by atoms with E-state index in [-0.39, 0.29) is 17.7 Å². The first-order valence-electron chi connectivity index (χ1n) is 4.90. The van der Waals surface area contributed by atoms with Crippen LogP contribution in [0.25, 0.3) is 0 Å². The quantitative estimate of drug-likeness (QED) is 0.594. The molecule has 2 heterocycles. The fraction of sp³-hybridized carbons (Fsp3) is 0.889. The molecule has 4 nitrogen and oxygen atoms in total. The van der Waals surface area contributed by atoms with Gasteiger partial charge in [-0.3, -0.25) is 4.90 Å². The Labute approximate surface area is 76.5 Å². The molecule has 1 saturated carbocycles. The fourth-order valence-corrected chi connectivity index (χ4v) is 3.14. The van der Waals surface area contributed by atoms with Crippen LogP contribution in [0.15, 0.2) is 0 Å². The van der Waals surface area contributed by atoms with Crippen LogP contribution in [-0.4, -0.2) is 40.4 Å². The lowest BCUT2D eigenvalue weighted by atomic mass is 9.93. The Kier molecular flexibility index (Phi) is 1.28. The summed E-state index contributed by atoms with van der Waals surface area (Å²) in [4.78, 5) is 13.2. The van der Waals surface area contributed by atoms with Crippen LogP contribution in [0, 0.1) is 0 Å². The number of nitrogens with zero attached hydrogens (tertiary/aromatic N) is 1. The summed E-state index contributed by atoms with van der Waals surface area (Å²) in [6.45, 7) is 0.808. The number of carbonyl (C=O) groups is 1. The molecule has 1 aliphatic carbocycles. The number of ether oxygens (including phenoxy) is 1. The van der Waals surface area contributed by atoms with Gasteiger partial charge in [-0.15, -0.1) is 0 Å². The molecule has 0 radical (unpaired) electrons. The molecule has 2 aliphatic heterocycles. The molecule has 3 aliphatic rings. The van der Waals surface area contributed by atoms with E-state index in [4.69, 9.17) is 4.74 Å². The Hall–Kier alpha value is -0.770. The number of carbonyl (C=O) groups excluding carboxylic acids is 1. The minimum absolute atomic E-state index is 0.128. The average molecular weight is 183 g/mol. The van der Waals surface area contributed by atoms with Crippen LogP contribution in [0.3, 0.4) is 0 Å². The molecule has 1 N–H and O–H groups in total. The van der Waals surface area contributed by atoms with Crippen molar-refractivity contribution in [1.82, 2.24) is 4.90 Å². The van der Waals surface area contributed by atoms with E-state index in [1.807, 2.05) is 4.90 Å². The molecule has 72 valence electrons. The van der Waals surface area contributed by atoms with Gasteiger partial charge in [0, 0.05) is 6.54 Å². The molecule has 0 bridgehead atoms. The van der Waals surface area contributed by atoms with Crippen molar-refractivity contribution >= 4 is 6.09 Å². The van der Waals surface area contributed by atoms with E-state index in [9.17, 15) is 9.90 Å². The van der Waals surface area contributed by atoms with Crippen molar-refractivity contribution in [2.24, 2.45) is 0 Å². The molecule has 1 spiro atoms. The number of hydrogen-bond donors (Lipinski definition) is 1. The molecule has 0 aromatic heterocycles. The third-order valence-electron chi connectivity index (χ3n) is 3.73. The summed E-state index contributed by atoms with van der Waals surface area (Å²) < 4.78 is 5.19. The van der Waals surface area contributed by atoms with Crippen molar-refractivity contribution in [2.75, 3.05) is 6.54 Å². The van der Waals surface area contributed by atoms with Crippen molar-refractivity contribution in [1.29, 1.82) is 0 Å². The zero-order valence-electron chi connectivity index (χ0n) is 7.40. The lowest BCUT2D eigenvalue weighted by Crippen LogP contribution is -2.45. The van der Waals surface area contributed by atoms with Crippen molar-refractivity contribution < 1.29 is 14.6 Å². The van der Waals surface area contributed by atoms with Crippen LogP contribution in [0.2, 0.25) is 0 Å². The number of aliphatic hydroxyl groups is 1. The minimum Gasteiger partial charge on any atom is -0.441 e. The van der Waals surface area contributed by atoms with Gasteiger partial charge in [-0.25, -0.2) is 4.79 Å². The number of amides is 1. The zero-order chi connectivity index (χ0) is 9.05. The largest absolute Gasteiger partial charge is 0.441 e. The summed E-state index contributed by atoms with van der Waals surface area (Å²) in [6, 6.07) is 0. The first kappa shape index (κ1) is 7.62. The van der Waals surface area contributed by atoms with E-state index in [1.54, 1.807) is 0 Å².